The molecule has 5 heteroatoms. The van der Waals surface area contributed by atoms with Gasteiger partial charge in [0, 0.05) is 23.7 Å². The topological polar surface area (TPSA) is 55.3 Å². The summed E-state index contributed by atoms with van der Waals surface area (Å²) in [4.78, 5) is 23.8. The lowest BCUT2D eigenvalue weighted by Gasteiger charge is -2.17. The Labute approximate surface area is 142 Å². The van der Waals surface area contributed by atoms with E-state index in [0.29, 0.717) is 31.0 Å². The van der Waals surface area contributed by atoms with Gasteiger partial charge in [0.25, 0.3) is 5.91 Å². The van der Waals surface area contributed by atoms with E-state index in [-0.39, 0.29) is 11.3 Å². The van der Waals surface area contributed by atoms with E-state index in [1.54, 1.807) is 4.90 Å². The monoisotopic (exact) mass is 325 g/mol. The van der Waals surface area contributed by atoms with Crippen LogP contribution in [0.3, 0.4) is 0 Å². The molecule has 1 aromatic carbocycles. The number of nitrogens with zero attached hydrogens (tertiary/aromatic N) is 3. The second kappa shape index (κ2) is 6.23. The molecule has 126 valence electrons. The third-order valence-corrected chi connectivity index (χ3v) is 4.03. The number of aromatic nitrogens is 2. The molecule has 0 saturated carbocycles. The number of hydrogen-bond donors (Lipinski definition) is 0. The van der Waals surface area contributed by atoms with E-state index < -0.39 is 0 Å². The Kier molecular flexibility index (Phi) is 4.26. The number of ether oxygens (including phenoxy) is 1. The Morgan fingerprint density at radius 3 is 2.71 bits per heavy atom. The first kappa shape index (κ1) is 16.4. The minimum Gasteiger partial charge on any atom is -0.493 e. The summed E-state index contributed by atoms with van der Waals surface area (Å²) in [6, 6.07) is 7.37. The normalized spacial score (nSPS) is 13.8. The third-order valence-electron chi connectivity index (χ3n) is 4.03. The molecule has 0 saturated heterocycles. The zero-order valence-electron chi connectivity index (χ0n) is 14.7. The molecule has 1 aromatic heterocycles. The van der Waals surface area contributed by atoms with Crippen LogP contribution in [-0.2, 0) is 18.5 Å². The van der Waals surface area contributed by atoms with Crippen LogP contribution in [0.1, 0.15) is 55.1 Å². The summed E-state index contributed by atoms with van der Waals surface area (Å²) in [5.41, 5.74) is 2.45. The van der Waals surface area contributed by atoms with Gasteiger partial charge >= 0.3 is 0 Å². The molecule has 0 atom stereocenters. The quantitative estimate of drug-likeness (QED) is 0.868. The predicted octanol–water partition coefficient (Wildman–Crippen LogP) is 3.33. The van der Waals surface area contributed by atoms with Crippen molar-refractivity contribution in [1.29, 1.82) is 0 Å². The van der Waals surface area contributed by atoms with E-state index in [0.717, 1.165) is 17.1 Å². The Hall–Kier alpha value is -2.43. The van der Waals surface area contributed by atoms with E-state index in [1.165, 1.54) is 0 Å². The summed E-state index contributed by atoms with van der Waals surface area (Å²) in [6.07, 6.45) is 1.85. The van der Waals surface area contributed by atoms with Crippen LogP contribution in [0, 0.1) is 0 Å². The number of carbonyl (C=O) groups excluding carboxylic acids is 1. The lowest BCUT2D eigenvalue weighted by atomic mass is 9.95. The van der Waals surface area contributed by atoms with Crippen LogP contribution in [0.25, 0.3) is 0 Å². The second-order valence-corrected chi connectivity index (χ2v) is 7.01. The summed E-state index contributed by atoms with van der Waals surface area (Å²) < 4.78 is 5.58. The summed E-state index contributed by atoms with van der Waals surface area (Å²) in [7, 11) is 0. The predicted molar refractivity (Wildman–Crippen MR) is 91.9 cm³/mol. The molecule has 0 unspecified atom stereocenters. The molecule has 0 radical (unpaired) electrons. The first-order chi connectivity index (χ1) is 11.4. The van der Waals surface area contributed by atoms with Gasteiger partial charge < -0.3 is 9.64 Å². The van der Waals surface area contributed by atoms with Crippen LogP contribution in [0.2, 0.25) is 0 Å². The van der Waals surface area contributed by atoms with Crippen molar-refractivity contribution in [3.63, 3.8) is 0 Å². The average molecular weight is 325 g/mol. The van der Waals surface area contributed by atoms with E-state index in [1.807, 2.05) is 37.4 Å². The second-order valence-electron chi connectivity index (χ2n) is 7.01. The lowest BCUT2D eigenvalue weighted by Crippen LogP contribution is -2.26. The van der Waals surface area contributed by atoms with Crippen molar-refractivity contribution in [1.82, 2.24) is 14.9 Å². The van der Waals surface area contributed by atoms with Gasteiger partial charge in [-0.2, -0.15) is 0 Å². The Morgan fingerprint density at radius 1 is 1.25 bits per heavy atom. The summed E-state index contributed by atoms with van der Waals surface area (Å²) in [5, 5.41) is 0. The molecule has 24 heavy (non-hydrogen) atoms. The highest BCUT2D eigenvalue weighted by molar-refractivity contribution is 5.97. The molecular weight excluding hydrogens is 302 g/mol. The molecule has 0 aliphatic carbocycles. The minimum atomic E-state index is -0.103. The van der Waals surface area contributed by atoms with Gasteiger partial charge in [0.2, 0.25) is 0 Å². The average Bonchev–Trinajstić information content (AvgIpc) is 2.97. The number of rotatable bonds is 3. The number of para-hydroxylation sites is 1. The van der Waals surface area contributed by atoms with Crippen LogP contribution >= 0.6 is 0 Å². The van der Waals surface area contributed by atoms with Crippen LogP contribution < -0.4 is 4.74 Å². The van der Waals surface area contributed by atoms with Gasteiger partial charge in [-0.1, -0.05) is 32.9 Å². The van der Waals surface area contributed by atoms with E-state index in [9.17, 15) is 4.79 Å². The van der Waals surface area contributed by atoms with Crippen molar-refractivity contribution in [2.45, 2.75) is 46.2 Å². The molecule has 0 bridgehead atoms. The zero-order valence-corrected chi connectivity index (χ0v) is 14.7. The maximum atomic E-state index is 12.9. The van der Waals surface area contributed by atoms with Crippen LogP contribution in [0.4, 0.5) is 0 Å². The van der Waals surface area contributed by atoms with E-state index in [2.05, 4.69) is 30.7 Å². The van der Waals surface area contributed by atoms with E-state index in [4.69, 9.17) is 4.74 Å². The molecule has 0 fully saturated rings. The van der Waals surface area contributed by atoms with Crippen molar-refractivity contribution in [2.75, 3.05) is 6.61 Å². The highest BCUT2D eigenvalue weighted by atomic mass is 16.5. The number of amides is 1. The van der Waals surface area contributed by atoms with Crippen LogP contribution in [0.5, 0.6) is 5.75 Å². The van der Waals surface area contributed by atoms with Crippen LogP contribution in [-0.4, -0.2) is 27.4 Å². The van der Waals surface area contributed by atoms with Gasteiger partial charge in [-0.05, 0) is 19.1 Å². The van der Waals surface area contributed by atoms with Gasteiger partial charge in [-0.15, -0.1) is 0 Å². The van der Waals surface area contributed by atoms with Crippen molar-refractivity contribution >= 4 is 5.91 Å². The molecule has 3 rings (SSSR count). The van der Waals surface area contributed by atoms with Gasteiger partial charge in [-0.3, -0.25) is 4.79 Å². The number of hydrogen-bond acceptors (Lipinski definition) is 4. The Balaban J connectivity index is 1.84. The van der Waals surface area contributed by atoms with Gasteiger partial charge in [0.1, 0.15) is 11.6 Å². The molecule has 1 aliphatic heterocycles. The molecule has 0 spiro atoms. The van der Waals surface area contributed by atoms with Crippen molar-refractivity contribution < 1.29 is 9.53 Å². The molecule has 5 nitrogen and oxygen atoms in total. The first-order valence-corrected chi connectivity index (χ1v) is 8.26. The van der Waals surface area contributed by atoms with Crippen molar-refractivity contribution in [2.24, 2.45) is 0 Å². The number of carbonyl (C=O) groups is 1. The van der Waals surface area contributed by atoms with Crippen LogP contribution in [0.15, 0.2) is 30.5 Å². The maximum absolute atomic E-state index is 12.9. The highest BCUT2D eigenvalue weighted by Gasteiger charge is 2.29. The Bertz CT molecular complexity index is 765. The van der Waals surface area contributed by atoms with Gasteiger partial charge in [-0.25, -0.2) is 9.97 Å². The fraction of sp³-hybridized carbons (Fsp3) is 0.421. The molecule has 2 aromatic rings. The molecular formula is C19H23N3O2. The SMILES string of the molecule is CCOc1ccccc1C(=O)N1Cc2cnc(C(C)(C)C)nc2C1. The highest BCUT2D eigenvalue weighted by Crippen LogP contribution is 2.28. The molecule has 0 N–H and O–H groups in total. The lowest BCUT2D eigenvalue weighted by molar-refractivity contribution is 0.0746. The third kappa shape index (κ3) is 3.11. The van der Waals surface area contributed by atoms with Gasteiger partial charge in [0.05, 0.1) is 24.4 Å². The van der Waals surface area contributed by atoms with Gasteiger partial charge in [0.15, 0.2) is 0 Å². The minimum absolute atomic E-state index is 0.0330. The summed E-state index contributed by atoms with van der Waals surface area (Å²) in [5.74, 6) is 1.40. The number of fused-ring (bicyclic) bond motifs is 1. The molecule has 1 amide bonds. The smallest absolute Gasteiger partial charge is 0.258 e. The van der Waals surface area contributed by atoms with E-state index >= 15 is 0 Å². The fourth-order valence-corrected chi connectivity index (χ4v) is 2.75. The zero-order chi connectivity index (χ0) is 17.3. The van der Waals surface area contributed by atoms with Crippen molar-refractivity contribution in [3.05, 3.63) is 53.1 Å². The first-order valence-electron chi connectivity index (χ1n) is 8.26. The fourth-order valence-electron chi connectivity index (χ4n) is 2.75. The number of benzene rings is 1. The standard InChI is InChI=1S/C19H23N3O2/c1-5-24-16-9-7-6-8-14(16)17(23)22-11-13-10-20-18(19(2,3)4)21-15(13)12-22/h6-10H,5,11-12H2,1-4H3. The summed E-state index contributed by atoms with van der Waals surface area (Å²) >= 11 is 0. The molecule has 1 aliphatic rings. The van der Waals surface area contributed by atoms with Crippen molar-refractivity contribution in [3.8, 4) is 5.75 Å². The maximum Gasteiger partial charge on any atom is 0.258 e. The Morgan fingerprint density at radius 2 is 2.00 bits per heavy atom. The largest absolute Gasteiger partial charge is 0.493 e. The molecule has 2 heterocycles. The summed E-state index contributed by atoms with van der Waals surface area (Å²) in [6.45, 7) is 9.77.